The third kappa shape index (κ3) is 6.33. The molecule has 0 aliphatic heterocycles. The van der Waals surface area contributed by atoms with Crippen LogP contribution in [0.2, 0.25) is 15.1 Å². The molecule has 0 atom stereocenters. The Morgan fingerprint density at radius 2 is 1.73 bits per heavy atom. The quantitative estimate of drug-likeness (QED) is 0.527. The number of hydrogen-bond donors (Lipinski definition) is 2. The van der Waals surface area contributed by atoms with E-state index < -0.39 is 0 Å². The molecule has 0 spiro atoms. The van der Waals surface area contributed by atoms with E-state index in [4.69, 9.17) is 34.8 Å². The number of hydrogen-bond acceptors (Lipinski definition) is 3. The van der Waals surface area contributed by atoms with Crippen molar-refractivity contribution in [1.82, 2.24) is 5.43 Å². The highest BCUT2D eigenvalue weighted by atomic mass is 35.5. The summed E-state index contributed by atoms with van der Waals surface area (Å²) < 4.78 is 0. The Kier molecular flexibility index (Phi) is 7.45. The Balaban J connectivity index is 1.78. The van der Waals surface area contributed by atoms with Crippen LogP contribution in [0.25, 0.3) is 0 Å². The maximum Gasteiger partial charge on any atom is 0.240 e. The fourth-order valence-electron chi connectivity index (χ4n) is 1.96. The van der Waals surface area contributed by atoms with E-state index in [9.17, 15) is 9.59 Å². The summed E-state index contributed by atoms with van der Waals surface area (Å²) in [6.07, 6.45) is 1.43. The molecule has 0 fully saturated rings. The van der Waals surface area contributed by atoms with Crippen LogP contribution in [0.4, 0.5) is 5.69 Å². The van der Waals surface area contributed by atoms with Crippen molar-refractivity contribution >= 4 is 58.5 Å². The molecule has 0 saturated carbocycles. The minimum atomic E-state index is -0.386. The van der Waals surface area contributed by atoms with E-state index in [0.29, 0.717) is 26.3 Å². The van der Waals surface area contributed by atoms with Crippen LogP contribution < -0.4 is 10.7 Å². The lowest BCUT2D eigenvalue weighted by molar-refractivity contribution is -0.124. The standard InChI is InChI=1S/C18H16Cl3N3O2/c1-11-2-5-14(9-15(11)20)23-17(25)6-7-18(26)24-22-10-12-3-4-13(19)8-16(12)21/h2-5,8-10H,6-7H2,1H3,(H,23,25)(H,24,26). The van der Waals surface area contributed by atoms with Gasteiger partial charge in [-0.3, -0.25) is 9.59 Å². The number of anilines is 1. The van der Waals surface area contributed by atoms with Gasteiger partial charge in [0.25, 0.3) is 0 Å². The first-order valence-corrected chi connectivity index (χ1v) is 8.81. The summed E-state index contributed by atoms with van der Waals surface area (Å²) in [5, 5.41) is 8.00. The van der Waals surface area contributed by atoms with Gasteiger partial charge in [0.2, 0.25) is 11.8 Å². The third-order valence-corrected chi connectivity index (χ3v) is 4.36. The molecule has 0 heterocycles. The van der Waals surface area contributed by atoms with Crippen LogP contribution in [0, 0.1) is 6.92 Å². The van der Waals surface area contributed by atoms with Crippen molar-refractivity contribution in [2.24, 2.45) is 5.10 Å². The first kappa shape index (κ1) is 20.2. The van der Waals surface area contributed by atoms with Crippen molar-refractivity contribution in [2.45, 2.75) is 19.8 Å². The topological polar surface area (TPSA) is 70.6 Å². The first-order chi connectivity index (χ1) is 12.3. The Bertz CT molecular complexity index is 854. The van der Waals surface area contributed by atoms with Gasteiger partial charge in [0, 0.05) is 34.1 Å². The summed E-state index contributed by atoms with van der Waals surface area (Å²) >= 11 is 17.8. The number of benzene rings is 2. The molecule has 0 aliphatic rings. The fraction of sp³-hybridized carbons (Fsp3) is 0.167. The van der Waals surface area contributed by atoms with E-state index in [1.807, 2.05) is 6.92 Å². The van der Waals surface area contributed by atoms with Crippen LogP contribution in [-0.2, 0) is 9.59 Å². The SMILES string of the molecule is Cc1ccc(NC(=O)CCC(=O)NN=Cc2ccc(Cl)cc2Cl)cc1Cl. The molecule has 8 heteroatoms. The van der Waals surface area contributed by atoms with Crippen LogP contribution in [-0.4, -0.2) is 18.0 Å². The van der Waals surface area contributed by atoms with Gasteiger partial charge in [-0.1, -0.05) is 46.9 Å². The van der Waals surface area contributed by atoms with Crippen LogP contribution in [0.15, 0.2) is 41.5 Å². The highest BCUT2D eigenvalue weighted by Gasteiger charge is 2.08. The number of rotatable bonds is 6. The van der Waals surface area contributed by atoms with E-state index in [1.165, 1.54) is 6.21 Å². The number of halogens is 3. The van der Waals surface area contributed by atoms with E-state index >= 15 is 0 Å². The Morgan fingerprint density at radius 3 is 2.42 bits per heavy atom. The van der Waals surface area contributed by atoms with Gasteiger partial charge < -0.3 is 5.32 Å². The highest BCUT2D eigenvalue weighted by Crippen LogP contribution is 2.20. The molecule has 2 amide bonds. The lowest BCUT2D eigenvalue weighted by Gasteiger charge is -2.06. The number of hydrazone groups is 1. The molecule has 26 heavy (non-hydrogen) atoms. The van der Waals surface area contributed by atoms with Gasteiger partial charge >= 0.3 is 0 Å². The van der Waals surface area contributed by atoms with Crippen LogP contribution in [0.1, 0.15) is 24.0 Å². The lowest BCUT2D eigenvalue weighted by atomic mass is 10.2. The summed E-state index contributed by atoms with van der Waals surface area (Å²) in [6.45, 7) is 1.87. The van der Waals surface area contributed by atoms with Crippen molar-refractivity contribution in [1.29, 1.82) is 0 Å². The van der Waals surface area contributed by atoms with Crippen molar-refractivity contribution in [3.63, 3.8) is 0 Å². The molecular formula is C18H16Cl3N3O2. The molecule has 0 aliphatic carbocycles. The smallest absolute Gasteiger partial charge is 0.240 e. The third-order valence-electron chi connectivity index (χ3n) is 3.39. The Morgan fingerprint density at radius 1 is 1.00 bits per heavy atom. The molecule has 0 saturated heterocycles. The highest BCUT2D eigenvalue weighted by molar-refractivity contribution is 6.36. The average molecular weight is 413 g/mol. The largest absolute Gasteiger partial charge is 0.326 e. The first-order valence-electron chi connectivity index (χ1n) is 7.68. The molecule has 0 bridgehead atoms. The van der Waals surface area contributed by atoms with Crippen LogP contribution >= 0.6 is 34.8 Å². The van der Waals surface area contributed by atoms with Crippen molar-refractivity contribution in [2.75, 3.05) is 5.32 Å². The van der Waals surface area contributed by atoms with E-state index in [2.05, 4.69) is 15.8 Å². The zero-order chi connectivity index (χ0) is 19.1. The minimum Gasteiger partial charge on any atom is -0.326 e. The summed E-state index contributed by atoms with van der Waals surface area (Å²) in [5.74, 6) is -0.673. The van der Waals surface area contributed by atoms with Crippen molar-refractivity contribution in [3.8, 4) is 0 Å². The maximum absolute atomic E-state index is 11.9. The van der Waals surface area contributed by atoms with Crippen LogP contribution in [0.3, 0.4) is 0 Å². The van der Waals surface area contributed by atoms with Gasteiger partial charge in [-0.05, 0) is 36.8 Å². The molecule has 2 aromatic carbocycles. The second-order valence-corrected chi connectivity index (χ2v) is 6.72. The number of nitrogens with one attached hydrogen (secondary N) is 2. The van der Waals surface area contributed by atoms with Gasteiger partial charge in [0.1, 0.15) is 0 Å². The molecule has 2 N–H and O–H groups in total. The number of nitrogens with zero attached hydrogens (tertiary/aromatic N) is 1. The molecule has 0 radical (unpaired) electrons. The monoisotopic (exact) mass is 411 g/mol. The summed E-state index contributed by atoms with van der Waals surface area (Å²) in [6, 6.07) is 10.1. The number of carbonyl (C=O) groups excluding carboxylic acids is 2. The number of carbonyl (C=O) groups is 2. The predicted molar refractivity (Wildman–Crippen MR) is 106 cm³/mol. The Labute approximate surface area is 166 Å². The van der Waals surface area contributed by atoms with E-state index in [0.717, 1.165) is 5.56 Å². The van der Waals surface area contributed by atoms with Gasteiger partial charge in [0.15, 0.2) is 0 Å². The van der Waals surface area contributed by atoms with Crippen molar-refractivity contribution < 1.29 is 9.59 Å². The number of aryl methyl sites for hydroxylation is 1. The second-order valence-electron chi connectivity index (χ2n) is 5.47. The summed E-state index contributed by atoms with van der Waals surface area (Å²) in [4.78, 5) is 23.6. The predicted octanol–water partition coefficient (Wildman–Crippen LogP) is 4.82. The van der Waals surface area contributed by atoms with E-state index in [-0.39, 0.29) is 24.7 Å². The molecule has 2 rings (SSSR count). The van der Waals surface area contributed by atoms with Gasteiger partial charge in [-0.15, -0.1) is 0 Å². The van der Waals surface area contributed by atoms with Crippen molar-refractivity contribution in [3.05, 3.63) is 62.6 Å². The molecule has 136 valence electrons. The molecule has 0 aromatic heterocycles. The van der Waals surface area contributed by atoms with Gasteiger partial charge in [0.05, 0.1) is 11.2 Å². The normalized spacial score (nSPS) is 10.8. The minimum absolute atomic E-state index is 0.00286. The molecular weight excluding hydrogens is 397 g/mol. The number of amides is 2. The summed E-state index contributed by atoms with van der Waals surface area (Å²) in [7, 11) is 0. The Hall–Kier alpha value is -2.08. The zero-order valence-electron chi connectivity index (χ0n) is 13.9. The molecule has 2 aromatic rings. The maximum atomic E-state index is 11.9. The summed E-state index contributed by atoms with van der Waals surface area (Å²) in [5.41, 5.74) is 4.47. The zero-order valence-corrected chi connectivity index (χ0v) is 16.1. The molecule has 0 unspecified atom stereocenters. The fourth-order valence-corrected chi connectivity index (χ4v) is 2.59. The lowest BCUT2D eigenvalue weighted by Crippen LogP contribution is -2.20. The average Bonchev–Trinajstić information content (AvgIpc) is 2.58. The van der Waals surface area contributed by atoms with Gasteiger partial charge in [-0.25, -0.2) is 5.43 Å². The van der Waals surface area contributed by atoms with Gasteiger partial charge in [-0.2, -0.15) is 5.10 Å². The van der Waals surface area contributed by atoms with Crippen LogP contribution in [0.5, 0.6) is 0 Å². The molecule has 5 nitrogen and oxygen atoms in total. The second kappa shape index (κ2) is 9.57. The van der Waals surface area contributed by atoms with E-state index in [1.54, 1.807) is 36.4 Å².